The Bertz CT molecular complexity index is 788. The molecule has 3 aromatic rings. The number of rotatable bonds is 4. The van der Waals surface area contributed by atoms with Crippen molar-refractivity contribution in [3.63, 3.8) is 0 Å². The third-order valence-electron chi connectivity index (χ3n) is 3.79. The summed E-state index contributed by atoms with van der Waals surface area (Å²) < 4.78 is 0. The Balaban J connectivity index is 2.31. The van der Waals surface area contributed by atoms with Crippen LogP contribution < -0.4 is 0 Å². The Morgan fingerprint density at radius 3 is 2.52 bits per heavy atom. The first-order valence-corrected chi connectivity index (χ1v) is 7.10. The van der Waals surface area contributed by atoms with Crippen LogP contribution in [-0.4, -0.2) is 16.1 Å². The van der Waals surface area contributed by atoms with Crippen LogP contribution in [0, 0.1) is 0 Å². The average Bonchev–Trinajstić information content (AvgIpc) is 2.86. The van der Waals surface area contributed by atoms with E-state index >= 15 is 0 Å². The molecular formula is C18H17NO2. The van der Waals surface area contributed by atoms with Gasteiger partial charge in [-0.05, 0) is 29.2 Å². The van der Waals surface area contributed by atoms with Crippen LogP contribution in [0.3, 0.4) is 0 Å². The fourth-order valence-electron chi connectivity index (χ4n) is 2.87. The number of nitrogens with one attached hydrogen (secondary N) is 1. The van der Waals surface area contributed by atoms with Crippen molar-refractivity contribution in [3.8, 4) is 11.3 Å². The molecule has 0 atom stereocenters. The third kappa shape index (κ3) is 2.42. The lowest BCUT2D eigenvalue weighted by Gasteiger charge is -2.05. The number of hydrogen-bond donors (Lipinski definition) is 2. The van der Waals surface area contributed by atoms with E-state index in [1.54, 1.807) is 0 Å². The summed E-state index contributed by atoms with van der Waals surface area (Å²) in [5.41, 5.74) is 4.99. The van der Waals surface area contributed by atoms with E-state index in [-0.39, 0.29) is 6.42 Å². The summed E-state index contributed by atoms with van der Waals surface area (Å²) in [4.78, 5) is 14.7. The fourth-order valence-corrected chi connectivity index (χ4v) is 2.87. The molecule has 21 heavy (non-hydrogen) atoms. The van der Waals surface area contributed by atoms with Crippen molar-refractivity contribution in [2.75, 3.05) is 0 Å². The predicted molar refractivity (Wildman–Crippen MR) is 84.5 cm³/mol. The molecule has 0 fully saturated rings. The largest absolute Gasteiger partial charge is 0.481 e. The Labute approximate surface area is 123 Å². The van der Waals surface area contributed by atoms with Gasteiger partial charge in [0.1, 0.15) is 0 Å². The van der Waals surface area contributed by atoms with Crippen molar-refractivity contribution in [1.29, 1.82) is 0 Å². The van der Waals surface area contributed by atoms with Crippen LogP contribution >= 0.6 is 0 Å². The minimum Gasteiger partial charge on any atom is -0.481 e. The van der Waals surface area contributed by atoms with E-state index in [9.17, 15) is 9.90 Å². The summed E-state index contributed by atoms with van der Waals surface area (Å²) in [6.45, 7) is 2.09. The minimum atomic E-state index is -0.806. The number of aromatic nitrogens is 1. The van der Waals surface area contributed by atoms with Gasteiger partial charge in [-0.2, -0.15) is 0 Å². The molecule has 0 aliphatic rings. The summed E-state index contributed by atoms with van der Waals surface area (Å²) in [5.74, 6) is -0.806. The molecule has 0 radical (unpaired) electrons. The number of carbonyl (C=O) groups is 1. The first kappa shape index (κ1) is 13.4. The number of H-pyrrole nitrogens is 1. The first-order valence-electron chi connectivity index (χ1n) is 7.10. The second-order valence-electron chi connectivity index (χ2n) is 5.11. The fraction of sp³-hybridized carbons (Fsp3) is 0.167. The lowest BCUT2D eigenvalue weighted by atomic mass is 9.98. The number of benzene rings is 2. The van der Waals surface area contributed by atoms with Crippen LogP contribution in [0.2, 0.25) is 0 Å². The molecule has 0 saturated carbocycles. The molecule has 0 unspecified atom stereocenters. The quantitative estimate of drug-likeness (QED) is 0.757. The van der Waals surface area contributed by atoms with Crippen molar-refractivity contribution < 1.29 is 9.90 Å². The van der Waals surface area contributed by atoms with E-state index in [4.69, 9.17) is 0 Å². The summed E-state index contributed by atoms with van der Waals surface area (Å²) in [6, 6.07) is 16.0. The molecule has 1 heterocycles. The van der Waals surface area contributed by atoms with Gasteiger partial charge in [0.2, 0.25) is 0 Å². The van der Waals surface area contributed by atoms with Crippen LogP contribution in [0.4, 0.5) is 0 Å². The number of hydrogen-bond acceptors (Lipinski definition) is 1. The van der Waals surface area contributed by atoms with Gasteiger partial charge in [0.25, 0.3) is 0 Å². The number of aliphatic carboxylic acids is 1. The van der Waals surface area contributed by atoms with E-state index in [1.165, 1.54) is 5.56 Å². The molecule has 0 spiro atoms. The normalized spacial score (nSPS) is 10.9. The van der Waals surface area contributed by atoms with E-state index < -0.39 is 5.97 Å². The molecule has 0 aliphatic heterocycles. The molecule has 3 nitrogen and oxygen atoms in total. The number of fused-ring (bicyclic) bond motifs is 1. The third-order valence-corrected chi connectivity index (χ3v) is 3.79. The maximum atomic E-state index is 11.3. The lowest BCUT2D eigenvalue weighted by molar-refractivity contribution is -0.136. The molecular weight excluding hydrogens is 262 g/mol. The van der Waals surface area contributed by atoms with Crippen molar-refractivity contribution in [2.24, 2.45) is 0 Å². The van der Waals surface area contributed by atoms with Crippen molar-refractivity contribution in [2.45, 2.75) is 19.8 Å². The highest BCUT2D eigenvalue weighted by molar-refractivity contribution is 5.96. The van der Waals surface area contributed by atoms with Gasteiger partial charge in [-0.15, -0.1) is 0 Å². The molecule has 3 rings (SSSR count). The molecule has 2 N–H and O–H groups in total. The molecule has 0 bridgehead atoms. The van der Waals surface area contributed by atoms with Gasteiger partial charge in [0.15, 0.2) is 0 Å². The molecule has 3 heteroatoms. The summed E-state index contributed by atoms with van der Waals surface area (Å²) in [6.07, 6.45) is 0.914. The van der Waals surface area contributed by atoms with Crippen molar-refractivity contribution in [3.05, 3.63) is 59.7 Å². The SMILES string of the molecule is CCc1cccc2[nH]c(-c3ccccc3)c(CC(=O)O)c12. The zero-order valence-electron chi connectivity index (χ0n) is 11.9. The highest BCUT2D eigenvalue weighted by atomic mass is 16.4. The minimum absolute atomic E-state index is 0.0290. The van der Waals surface area contributed by atoms with Crippen LogP contribution in [0.5, 0.6) is 0 Å². The highest BCUT2D eigenvalue weighted by Crippen LogP contribution is 2.33. The van der Waals surface area contributed by atoms with Gasteiger partial charge >= 0.3 is 5.97 Å². The topological polar surface area (TPSA) is 53.1 Å². The summed E-state index contributed by atoms with van der Waals surface area (Å²) >= 11 is 0. The maximum Gasteiger partial charge on any atom is 0.307 e. The van der Waals surface area contributed by atoms with Gasteiger partial charge in [-0.1, -0.05) is 49.4 Å². The summed E-state index contributed by atoms with van der Waals surface area (Å²) in [5, 5.41) is 10.3. The Hall–Kier alpha value is -2.55. The first-order chi connectivity index (χ1) is 10.2. The van der Waals surface area contributed by atoms with Gasteiger partial charge in [0, 0.05) is 10.9 Å². The number of aromatic amines is 1. The molecule has 0 saturated heterocycles. The maximum absolute atomic E-state index is 11.3. The Morgan fingerprint density at radius 2 is 1.86 bits per heavy atom. The van der Waals surface area contributed by atoms with E-state index in [0.717, 1.165) is 34.1 Å². The monoisotopic (exact) mass is 279 g/mol. The van der Waals surface area contributed by atoms with Crippen LogP contribution in [0.15, 0.2) is 48.5 Å². The number of carboxylic acid groups (broad SMARTS) is 1. The number of aryl methyl sites for hydroxylation is 1. The van der Waals surface area contributed by atoms with Crippen LogP contribution in [0.1, 0.15) is 18.1 Å². The van der Waals surface area contributed by atoms with Crippen LogP contribution in [-0.2, 0) is 17.6 Å². The summed E-state index contributed by atoms with van der Waals surface area (Å²) in [7, 11) is 0. The number of carboxylic acids is 1. The average molecular weight is 279 g/mol. The zero-order valence-corrected chi connectivity index (χ0v) is 11.9. The van der Waals surface area contributed by atoms with Gasteiger partial charge < -0.3 is 10.1 Å². The molecule has 0 amide bonds. The molecule has 2 aromatic carbocycles. The predicted octanol–water partition coefficient (Wildman–Crippen LogP) is 4.02. The van der Waals surface area contributed by atoms with Crippen molar-refractivity contribution in [1.82, 2.24) is 4.98 Å². The van der Waals surface area contributed by atoms with E-state index in [0.29, 0.717) is 0 Å². The smallest absolute Gasteiger partial charge is 0.307 e. The standard InChI is InChI=1S/C18H17NO2/c1-2-12-9-6-10-15-17(12)14(11-16(20)21)18(19-15)13-7-4-3-5-8-13/h3-10,19H,2,11H2,1H3,(H,20,21). The molecule has 0 aliphatic carbocycles. The molecule has 1 aromatic heterocycles. The second-order valence-corrected chi connectivity index (χ2v) is 5.11. The van der Waals surface area contributed by atoms with Crippen molar-refractivity contribution >= 4 is 16.9 Å². The van der Waals surface area contributed by atoms with E-state index in [1.807, 2.05) is 42.5 Å². The van der Waals surface area contributed by atoms with Gasteiger partial charge in [0.05, 0.1) is 12.1 Å². The van der Waals surface area contributed by atoms with Crippen LogP contribution in [0.25, 0.3) is 22.2 Å². The Morgan fingerprint density at radius 1 is 1.10 bits per heavy atom. The van der Waals surface area contributed by atoms with Gasteiger partial charge in [-0.3, -0.25) is 4.79 Å². The zero-order chi connectivity index (χ0) is 14.8. The van der Waals surface area contributed by atoms with Gasteiger partial charge in [-0.25, -0.2) is 0 Å². The van der Waals surface area contributed by atoms with E-state index in [2.05, 4.69) is 18.0 Å². The lowest BCUT2D eigenvalue weighted by Crippen LogP contribution is -2.01. The highest BCUT2D eigenvalue weighted by Gasteiger charge is 2.17. The second kappa shape index (κ2) is 5.44. The molecule has 106 valence electrons. The Kier molecular flexibility index (Phi) is 3.48.